The minimum atomic E-state index is -0.0844. The summed E-state index contributed by atoms with van der Waals surface area (Å²) in [5, 5.41) is 8.92. The molecular formula is C22H24N4OS. The number of benzene rings is 2. The molecule has 0 saturated carbocycles. The van der Waals surface area contributed by atoms with E-state index in [1.807, 2.05) is 41.8 Å². The molecular weight excluding hydrogens is 368 g/mol. The summed E-state index contributed by atoms with van der Waals surface area (Å²) in [6, 6.07) is 20.6. The van der Waals surface area contributed by atoms with Crippen molar-refractivity contribution in [1.82, 2.24) is 15.2 Å². The van der Waals surface area contributed by atoms with Crippen molar-refractivity contribution in [2.75, 3.05) is 18.4 Å². The summed E-state index contributed by atoms with van der Waals surface area (Å²) in [4.78, 5) is 19.4. The summed E-state index contributed by atoms with van der Waals surface area (Å²) in [6.07, 6.45) is 1.94. The highest BCUT2D eigenvalue weighted by molar-refractivity contribution is 7.14. The molecule has 2 aromatic carbocycles. The van der Waals surface area contributed by atoms with Gasteiger partial charge in [-0.2, -0.15) is 0 Å². The maximum absolute atomic E-state index is 12.5. The molecule has 4 rings (SSSR count). The molecule has 1 amide bonds. The second-order valence-corrected chi connectivity index (χ2v) is 7.90. The number of carbonyl (C=O) groups is 1. The SMILES string of the molecule is O=C(NC1CCN(Cc2ccccc2)CC1)c1csc(Nc2ccccc2)n1. The highest BCUT2D eigenvalue weighted by atomic mass is 32.1. The van der Waals surface area contributed by atoms with Gasteiger partial charge in [0.05, 0.1) is 0 Å². The molecule has 1 saturated heterocycles. The van der Waals surface area contributed by atoms with Crippen LogP contribution in [-0.2, 0) is 6.54 Å². The molecule has 1 aliphatic heterocycles. The third-order valence-electron chi connectivity index (χ3n) is 4.93. The third-order valence-corrected chi connectivity index (χ3v) is 5.69. The van der Waals surface area contributed by atoms with Gasteiger partial charge >= 0.3 is 0 Å². The summed E-state index contributed by atoms with van der Waals surface area (Å²) in [6.45, 7) is 2.97. The Hall–Kier alpha value is -2.70. The number of hydrogen-bond donors (Lipinski definition) is 2. The van der Waals surface area contributed by atoms with Crippen LogP contribution in [0.3, 0.4) is 0 Å². The number of amides is 1. The van der Waals surface area contributed by atoms with Crippen molar-refractivity contribution in [3.05, 3.63) is 77.3 Å². The fourth-order valence-corrected chi connectivity index (χ4v) is 4.13. The standard InChI is InChI=1S/C22H24N4OS/c27-21(20-16-28-22(25-20)24-18-9-5-2-6-10-18)23-19-11-13-26(14-12-19)15-17-7-3-1-4-8-17/h1-10,16,19H,11-15H2,(H,23,27)(H,24,25). The molecule has 0 spiro atoms. The molecule has 0 atom stereocenters. The molecule has 5 nitrogen and oxygen atoms in total. The molecule has 0 bridgehead atoms. The van der Waals surface area contributed by atoms with Crippen LogP contribution in [0.4, 0.5) is 10.8 Å². The van der Waals surface area contributed by atoms with Gasteiger partial charge in [0.25, 0.3) is 5.91 Å². The van der Waals surface area contributed by atoms with Gasteiger partial charge in [0.1, 0.15) is 5.69 Å². The van der Waals surface area contributed by atoms with Crippen molar-refractivity contribution >= 4 is 28.1 Å². The molecule has 0 aliphatic carbocycles. The van der Waals surface area contributed by atoms with Crippen molar-refractivity contribution in [3.8, 4) is 0 Å². The van der Waals surface area contributed by atoms with Crippen LogP contribution in [0.15, 0.2) is 66.0 Å². The number of anilines is 2. The quantitative estimate of drug-likeness (QED) is 0.657. The molecule has 28 heavy (non-hydrogen) atoms. The van der Waals surface area contributed by atoms with Gasteiger partial charge in [0, 0.05) is 36.7 Å². The van der Waals surface area contributed by atoms with Crippen LogP contribution in [0.25, 0.3) is 0 Å². The lowest BCUT2D eigenvalue weighted by Crippen LogP contribution is -2.44. The molecule has 1 fully saturated rings. The smallest absolute Gasteiger partial charge is 0.271 e. The van der Waals surface area contributed by atoms with Crippen LogP contribution < -0.4 is 10.6 Å². The lowest BCUT2D eigenvalue weighted by Gasteiger charge is -2.32. The average Bonchev–Trinajstić information content (AvgIpc) is 3.20. The number of para-hydroxylation sites is 1. The van der Waals surface area contributed by atoms with E-state index in [1.54, 1.807) is 0 Å². The zero-order valence-electron chi connectivity index (χ0n) is 15.7. The Morgan fingerprint density at radius 3 is 2.43 bits per heavy atom. The summed E-state index contributed by atoms with van der Waals surface area (Å²) in [5.74, 6) is -0.0844. The Bertz CT molecular complexity index is 889. The zero-order valence-corrected chi connectivity index (χ0v) is 16.5. The average molecular weight is 393 g/mol. The van der Waals surface area contributed by atoms with Crippen LogP contribution in [-0.4, -0.2) is 34.9 Å². The molecule has 3 aromatic rings. The van der Waals surface area contributed by atoms with E-state index in [2.05, 4.69) is 44.8 Å². The summed E-state index contributed by atoms with van der Waals surface area (Å²) in [5.41, 5.74) is 2.79. The summed E-state index contributed by atoms with van der Waals surface area (Å²) >= 11 is 1.45. The van der Waals surface area contributed by atoms with Crippen LogP contribution in [0, 0.1) is 0 Å². The van der Waals surface area contributed by atoms with E-state index < -0.39 is 0 Å². The van der Waals surface area contributed by atoms with Gasteiger partial charge in [-0.3, -0.25) is 9.69 Å². The highest BCUT2D eigenvalue weighted by Crippen LogP contribution is 2.21. The fourth-order valence-electron chi connectivity index (χ4n) is 3.42. The number of rotatable bonds is 6. The topological polar surface area (TPSA) is 57.3 Å². The first-order valence-electron chi connectivity index (χ1n) is 9.61. The van der Waals surface area contributed by atoms with E-state index >= 15 is 0 Å². The number of piperidine rings is 1. The highest BCUT2D eigenvalue weighted by Gasteiger charge is 2.22. The molecule has 0 unspecified atom stereocenters. The molecule has 2 heterocycles. The van der Waals surface area contributed by atoms with Gasteiger partial charge in [-0.15, -0.1) is 11.3 Å². The van der Waals surface area contributed by atoms with E-state index in [-0.39, 0.29) is 11.9 Å². The van der Waals surface area contributed by atoms with Gasteiger partial charge in [0.15, 0.2) is 5.13 Å². The lowest BCUT2D eigenvalue weighted by atomic mass is 10.0. The predicted octanol–water partition coefficient (Wildman–Crippen LogP) is 4.28. The van der Waals surface area contributed by atoms with Crippen molar-refractivity contribution in [2.24, 2.45) is 0 Å². The number of aromatic nitrogens is 1. The second-order valence-electron chi connectivity index (χ2n) is 7.04. The Labute approximate surface area is 169 Å². The molecule has 2 N–H and O–H groups in total. The van der Waals surface area contributed by atoms with E-state index in [4.69, 9.17) is 0 Å². The van der Waals surface area contributed by atoms with Gasteiger partial charge in [-0.1, -0.05) is 48.5 Å². The van der Waals surface area contributed by atoms with E-state index in [1.165, 1.54) is 16.9 Å². The molecule has 1 aromatic heterocycles. The fraction of sp³-hybridized carbons (Fsp3) is 0.273. The van der Waals surface area contributed by atoms with Crippen LogP contribution >= 0.6 is 11.3 Å². The Morgan fingerprint density at radius 2 is 1.71 bits per heavy atom. The third kappa shape index (κ3) is 4.97. The van der Waals surface area contributed by atoms with Crippen molar-refractivity contribution in [1.29, 1.82) is 0 Å². The number of nitrogens with one attached hydrogen (secondary N) is 2. The maximum Gasteiger partial charge on any atom is 0.271 e. The van der Waals surface area contributed by atoms with Gasteiger partial charge in [0.2, 0.25) is 0 Å². The summed E-state index contributed by atoms with van der Waals surface area (Å²) < 4.78 is 0. The first kappa shape index (κ1) is 18.7. The largest absolute Gasteiger partial charge is 0.348 e. The Balaban J connectivity index is 1.26. The minimum absolute atomic E-state index is 0.0844. The number of likely N-dealkylation sites (tertiary alicyclic amines) is 1. The monoisotopic (exact) mass is 392 g/mol. The summed E-state index contributed by atoms with van der Waals surface area (Å²) in [7, 11) is 0. The first-order chi connectivity index (χ1) is 13.8. The zero-order chi connectivity index (χ0) is 19.2. The maximum atomic E-state index is 12.5. The van der Waals surface area contributed by atoms with Crippen molar-refractivity contribution < 1.29 is 4.79 Å². The van der Waals surface area contributed by atoms with Crippen LogP contribution in [0.1, 0.15) is 28.9 Å². The second kappa shape index (κ2) is 8.99. The van der Waals surface area contributed by atoms with E-state index in [0.29, 0.717) is 5.69 Å². The van der Waals surface area contributed by atoms with Gasteiger partial charge in [-0.05, 0) is 30.5 Å². The van der Waals surface area contributed by atoms with Gasteiger partial charge in [-0.25, -0.2) is 4.98 Å². The molecule has 144 valence electrons. The van der Waals surface area contributed by atoms with Crippen molar-refractivity contribution in [2.45, 2.75) is 25.4 Å². The number of carbonyl (C=O) groups excluding carboxylic acids is 1. The number of thiazole rings is 1. The predicted molar refractivity (Wildman–Crippen MR) is 114 cm³/mol. The molecule has 0 radical (unpaired) electrons. The molecule has 6 heteroatoms. The van der Waals surface area contributed by atoms with E-state index in [0.717, 1.165) is 43.3 Å². The Morgan fingerprint density at radius 1 is 1.04 bits per heavy atom. The normalized spacial score (nSPS) is 15.3. The number of hydrogen-bond acceptors (Lipinski definition) is 5. The Kier molecular flexibility index (Phi) is 5.99. The minimum Gasteiger partial charge on any atom is -0.348 e. The molecule has 1 aliphatic rings. The lowest BCUT2D eigenvalue weighted by molar-refractivity contribution is 0.0904. The van der Waals surface area contributed by atoms with Crippen molar-refractivity contribution in [3.63, 3.8) is 0 Å². The van der Waals surface area contributed by atoms with Gasteiger partial charge < -0.3 is 10.6 Å². The first-order valence-corrected chi connectivity index (χ1v) is 10.5. The van der Waals surface area contributed by atoms with Crippen LogP contribution in [0.2, 0.25) is 0 Å². The number of nitrogens with zero attached hydrogens (tertiary/aromatic N) is 2. The van der Waals surface area contributed by atoms with Crippen LogP contribution in [0.5, 0.6) is 0 Å². The van der Waals surface area contributed by atoms with E-state index in [9.17, 15) is 4.79 Å².